The van der Waals surface area contributed by atoms with E-state index in [4.69, 9.17) is 16.3 Å². The van der Waals surface area contributed by atoms with Gasteiger partial charge in [0.15, 0.2) is 0 Å². The molecule has 21 heavy (non-hydrogen) atoms. The van der Waals surface area contributed by atoms with Gasteiger partial charge in [0, 0.05) is 13.1 Å². The van der Waals surface area contributed by atoms with Crippen LogP contribution < -0.4 is 4.90 Å². The molecule has 0 N–H and O–H groups in total. The van der Waals surface area contributed by atoms with E-state index in [9.17, 15) is 4.79 Å². The van der Waals surface area contributed by atoms with Crippen molar-refractivity contribution >= 4 is 23.4 Å². The molecular weight excluding hydrogens is 288 g/mol. The van der Waals surface area contributed by atoms with Gasteiger partial charge in [-0.2, -0.15) is 0 Å². The first kappa shape index (κ1) is 16.1. The Kier molecular flexibility index (Phi) is 4.77. The average Bonchev–Trinajstić information content (AvgIpc) is 2.36. The zero-order valence-corrected chi connectivity index (χ0v) is 13.9. The Balaban J connectivity index is 2.19. The van der Waals surface area contributed by atoms with Crippen LogP contribution in [0.4, 0.5) is 5.82 Å². The number of hydrogen-bond acceptors (Lipinski definition) is 4. The fourth-order valence-electron chi connectivity index (χ4n) is 2.34. The van der Waals surface area contributed by atoms with E-state index in [0.717, 1.165) is 37.7 Å². The molecule has 1 aliphatic heterocycles. The van der Waals surface area contributed by atoms with Crippen molar-refractivity contribution in [1.29, 1.82) is 0 Å². The largest absolute Gasteiger partial charge is 0.456 e. The third kappa shape index (κ3) is 4.60. The van der Waals surface area contributed by atoms with Crippen LogP contribution in [-0.4, -0.2) is 29.6 Å². The molecule has 5 heteroatoms. The van der Waals surface area contributed by atoms with Crippen molar-refractivity contribution in [2.45, 2.75) is 46.1 Å². The number of piperidine rings is 1. The van der Waals surface area contributed by atoms with Gasteiger partial charge in [0.1, 0.15) is 16.6 Å². The van der Waals surface area contributed by atoms with Gasteiger partial charge in [0.2, 0.25) is 0 Å². The number of nitrogens with zero attached hydrogens (tertiary/aromatic N) is 2. The molecule has 4 nitrogen and oxygen atoms in total. The third-order valence-corrected chi connectivity index (χ3v) is 3.72. The maximum absolute atomic E-state index is 12.2. The highest BCUT2D eigenvalue weighted by atomic mass is 35.5. The Bertz CT molecular complexity index is 517. The summed E-state index contributed by atoms with van der Waals surface area (Å²) in [5, 5.41) is 0.326. The molecule has 0 atom stereocenters. The Morgan fingerprint density at radius 1 is 1.33 bits per heavy atom. The second-order valence-corrected chi connectivity index (χ2v) is 7.10. The van der Waals surface area contributed by atoms with Crippen LogP contribution in [0.25, 0.3) is 0 Å². The summed E-state index contributed by atoms with van der Waals surface area (Å²) in [4.78, 5) is 18.7. The Labute approximate surface area is 131 Å². The molecule has 1 saturated heterocycles. The van der Waals surface area contributed by atoms with Gasteiger partial charge in [0.05, 0.1) is 5.56 Å². The topological polar surface area (TPSA) is 42.4 Å². The van der Waals surface area contributed by atoms with Crippen molar-refractivity contribution in [2.75, 3.05) is 18.0 Å². The van der Waals surface area contributed by atoms with Crippen LogP contribution in [0.2, 0.25) is 5.15 Å². The van der Waals surface area contributed by atoms with Crippen LogP contribution >= 0.6 is 11.6 Å². The number of carbonyl (C=O) groups is 1. The highest BCUT2D eigenvalue weighted by molar-refractivity contribution is 6.29. The summed E-state index contributed by atoms with van der Waals surface area (Å²) in [7, 11) is 0. The van der Waals surface area contributed by atoms with Gasteiger partial charge >= 0.3 is 5.97 Å². The van der Waals surface area contributed by atoms with E-state index in [0.29, 0.717) is 10.7 Å². The molecule has 1 aromatic heterocycles. The van der Waals surface area contributed by atoms with Gasteiger partial charge in [-0.05, 0) is 51.7 Å². The maximum atomic E-state index is 12.2. The number of aromatic nitrogens is 1. The van der Waals surface area contributed by atoms with Crippen molar-refractivity contribution in [1.82, 2.24) is 4.98 Å². The predicted molar refractivity (Wildman–Crippen MR) is 85.0 cm³/mol. The minimum absolute atomic E-state index is 0.326. The zero-order chi connectivity index (χ0) is 15.6. The van der Waals surface area contributed by atoms with Crippen molar-refractivity contribution < 1.29 is 9.53 Å². The number of hydrogen-bond donors (Lipinski definition) is 0. The molecule has 2 heterocycles. The van der Waals surface area contributed by atoms with Crippen LogP contribution in [0.15, 0.2) is 12.1 Å². The van der Waals surface area contributed by atoms with Gasteiger partial charge in [-0.15, -0.1) is 0 Å². The summed E-state index contributed by atoms with van der Waals surface area (Å²) in [6, 6.07) is 3.33. The molecule has 116 valence electrons. The molecule has 0 spiro atoms. The van der Waals surface area contributed by atoms with Gasteiger partial charge in [-0.1, -0.05) is 18.5 Å². The molecule has 0 aromatic carbocycles. The monoisotopic (exact) mass is 310 g/mol. The zero-order valence-electron chi connectivity index (χ0n) is 13.1. The van der Waals surface area contributed by atoms with E-state index < -0.39 is 5.60 Å². The van der Waals surface area contributed by atoms with Gasteiger partial charge in [-0.25, -0.2) is 9.78 Å². The molecule has 0 saturated carbocycles. The smallest absolute Gasteiger partial charge is 0.338 e. The van der Waals surface area contributed by atoms with Gasteiger partial charge in [0.25, 0.3) is 0 Å². The SMILES string of the molecule is CC1CCN(c2cc(C(=O)OC(C)(C)C)cc(Cl)n2)CC1. The fourth-order valence-corrected chi connectivity index (χ4v) is 2.54. The van der Waals surface area contributed by atoms with E-state index in [1.807, 2.05) is 20.8 Å². The molecule has 1 aliphatic rings. The maximum Gasteiger partial charge on any atom is 0.338 e. The number of ether oxygens (including phenoxy) is 1. The van der Waals surface area contributed by atoms with Gasteiger partial charge in [-0.3, -0.25) is 0 Å². The quantitative estimate of drug-likeness (QED) is 0.613. The van der Waals surface area contributed by atoms with E-state index in [2.05, 4.69) is 16.8 Å². The Hall–Kier alpha value is -1.29. The summed E-state index contributed by atoms with van der Waals surface area (Å²) in [6.45, 7) is 9.70. The second-order valence-electron chi connectivity index (χ2n) is 6.71. The number of halogens is 1. The lowest BCUT2D eigenvalue weighted by Crippen LogP contribution is -2.33. The standard InChI is InChI=1S/C16H23ClN2O2/c1-11-5-7-19(8-6-11)14-10-12(9-13(17)18-14)15(20)21-16(2,3)4/h9-11H,5-8H2,1-4H3. The van der Waals surface area contributed by atoms with Crippen molar-refractivity contribution in [2.24, 2.45) is 5.92 Å². The molecule has 0 amide bonds. The molecular formula is C16H23ClN2O2. The number of rotatable bonds is 2. The number of anilines is 1. The average molecular weight is 311 g/mol. The summed E-state index contributed by atoms with van der Waals surface area (Å²) in [6.07, 6.45) is 2.27. The van der Waals surface area contributed by atoms with E-state index in [1.165, 1.54) is 0 Å². The minimum atomic E-state index is -0.520. The number of pyridine rings is 1. The van der Waals surface area contributed by atoms with Crippen LogP contribution in [0.5, 0.6) is 0 Å². The van der Waals surface area contributed by atoms with Crippen LogP contribution in [0.1, 0.15) is 50.9 Å². The summed E-state index contributed by atoms with van der Waals surface area (Å²) in [5.41, 5.74) is -0.0633. The fraction of sp³-hybridized carbons (Fsp3) is 0.625. The normalized spacial score (nSPS) is 16.9. The third-order valence-electron chi connectivity index (χ3n) is 3.52. The predicted octanol–water partition coefficient (Wildman–Crippen LogP) is 3.93. The van der Waals surface area contributed by atoms with Crippen molar-refractivity contribution in [3.8, 4) is 0 Å². The minimum Gasteiger partial charge on any atom is -0.456 e. The first-order valence-electron chi connectivity index (χ1n) is 7.40. The molecule has 1 aromatic rings. The lowest BCUT2D eigenvalue weighted by atomic mass is 9.99. The van der Waals surface area contributed by atoms with Crippen LogP contribution in [0, 0.1) is 5.92 Å². The van der Waals surface area contributed by atoms with E-state index >= 15 is 0 Å². The molecule has 1 fully saturated rings. The molecule has 0 unspecified atom stereocenters. The van der Waals surface area contributed by atoms with E-state index in [-0.39, 0.29) is 5.97 Å². The highest BCUT2D eigenvalue weighted by Crippen LogP contribution is 2.25. The number of carbonyl (C=O) groups excluding carboxylic acids is 1. The van der Waals surface area contributed by atoms with Crippen LogP contribution in [-0.2, 0) is 4.74 Å². The summed E-state index contributed by atoms with van der Waals surface area (Å²) < 4.78 is 5.39. The lowest BCUT2D eigenvalue weighted by Gasteiger charge is -2.31. The van der Waals surface area contributed by atoms with Gasteiger partial charge < -0.3 is 9.64 Å². The first-order chi connectivity index (χ1) is 9.74. The Morgan fingerprint density at radius 2 is 1.95 bits per heavy atom. The first-order valence-corrected chi connectivity index (χ1v) is 7.78. The van der Waals surface area contributed by atoms with Crippen molar-refractivity contribution in [3.63, 3.8) is 0 Å². The molecule has 0 aliphatic carbocycles. The number of esters is 1. The Morgan fingerprint density at radius 3 is 2.52 bits per heavy atom. The highest BCUT2D eigenvalue weighted by Gasteiger charge is 2.22. The van der Waals surface area contributed by atoms with E-state index in [1.54, 1.807) is 12.1 Å². The summed E-state index contributed by atoms with van der Waals surface area (Å²) in [5.74, 6) is 1.14. The summed E-state index contributed by atoms with van der Waals surface area (Å²) >= 11 is 6.07. The van der Waals surface area contributed by atoms with Crippen molar-refractivity contribution in [3.05, 3.63) is 22.8 Å². The second kappa shape index (κ2) is 6.22. The molecule has 0 radical (unpaired) electrons. The lowest BCUT2D eigenvalue weighted by molar-refractivity contribution is 0.00694. The molecule has 2 rings (SSSR count). The van der Waals surface area contributed by atoms with Crippen LogP contribution in [0.3, 0.4) is 0 Å². The molecule has 0 bridgehead atoms.